The summed E-state index contributed by atoms with van der Waals surface area (Å²) in [5, 5.41) is 11.6. The third kappa shape index (κ3) is 3.89. The average Bonchev–Trinajstić information content (AvgIpc) is 3.10. The number of aryl methyl sites for hydroxylation is 2. The zero-order chi connectivity index (χ0) is 17.0. The molecule has 0 aliphatic carbocycles. The van der Waals surface area contributed by atoms with Gasteiger partial charge < -0.3 is 15.4 Å². The van der Waals surface area contributed by atoms with Gasteiger partial charge >= 0.3 is 5.97 Å². The summed E-state index contributed by atoms with van der Waals surface area (Å²) in [7, 11) is 1.37. The lowest BCUT2D eigenvalue weighted by Crippen LogP contribution is -2.20. The normalized spacial score (nSPS) is 10.4. The number of thiocarbonyl (C=S) groups is 1. The Morgan fingerprint density at radius 3 is 2.74 bits per heavy atom. The van der Waals surface area contributed by atoms with Crippen LogP contribution in [0.25, 0.3) is 0 Å². The zero-order valence-electron chi connectivity index (χ0n) is 13.6. The van der Waals surface area contributed by atoms with Crippen molar-refractivity contribution >= 4 is 45.3 Å². The van der Waals surface area contributed by atoms with Crippen LogP contribution in [0.3, 0.4) is 0 Å². The highest BCUT2D eigenvalue weighted by molar-refractivity contribution is 7.80. The van der Waals surface area contributed by atoms with Crippen LogP contribution in [0, 0.1) is 6.92 Å². The van der Waals surface area contributed by atoms with E-state index in [1.807, 2.05) is 31.5 Å². The minimum Gasteiger partial charge on any atom is -0.465 e. The molecule has 2 rings (SSSR count). The molecule has 0 radical (unpaired) electrons. The first-order valence-corrected chi connectivity index (χ1v) is 8.54. The molecular formula is C15H20N4O2S2. The Balaban J connectivity index is 2.15. The topological polar surface area (TPSA) is 68.2 Å². The van der Waals surface area contributed by atoms with Gasteiger partial charge in [0.05, 0.1) is 30.3 Å². The number of hydrogen-bond acceptors (Lipinski definition) is 5. The van der Waals surface area contributed by atoms with E-state index in [-0.39, 0.29) is 5.97 Å². The van der Waals surface area contributed by atoms with E-state index < -0.39 is 0 Å². The van der Waals surface area contributed by atoms with Gasteiger partial charge in [-0.1, -0.05) is 6.92 Å². The number of thiophene rings is 1. The maximum absolute atomic E-state index is 11.9. The fourth-order valence-corrected chi connectivity index (χ4v) is 3.38. The maximum atomic E-state index is 11.9. The molecule has 2 heterocycles. The van der Waals surface area contributed by atoms with Crippen LogP contribution < -0.4 is 10.6 Å². The number of carbonyl (C=O) groups excluding carboxylic acids is 1. The third-order valence-electron chi connectivity index (χ3n) is 3.41. The standard InChI is InChI=1S/C15H20N4O2S2/c1-5-10-7-11(14(20)21-4)13(23-10)18-15(22)17-12-8-16-19(6-2)9(12)3/h7-8H,5-6H2,1-4H3,(H2,17,18,22). The Morgan fingerprint density at radius 1 is 1.43 bits per heavy atom. The van der Waals surface area contributed by atoms with Crippen LogP contribution in [0.1, 0.15) is 34.8 Å². The Labute approximate surface area is 144 Å². The van der Waals surface area contributed by atoms with E-state index in [1.165, 1.54) is 18.4 Å². The van der Waals surface area contributed by atoms with Gasteiger partial charge in [-0.15, -0.1) is 11.3 Å². The number of carbonyl (C=O) groups is 1. The van der Waals surface area contributed by atoms with Crippen molar-refractivity contribution in [3.8, 4) is 0 Å². The van der Waals surface area contributed by atoms with Crippen LogP contribution in [0.15, 0.2) is 12.3 Å². The Morgan fingerprint density at radius 2 is 2.17 bits per heavy atom. The first kappa shape index (κ1) is 17.4. The molecular weight excluding hydrogens is 332 g/mol. The second-order valence-electron chi connectivity index (χ2n) is 4.84. The summed E-state index contributed by atoms with van der Waals surface area (Å²) in [5.41, 5.74) is 2.35. The molecule has 124 valence electrons. The number of anilines is 2. The van der Waals surface area contributed by atoms with Crippen molar-refractivity contribution in [3.05, 3.63) is 28.4 Å². The van der Waals surface area contributed by atoms with E-state index in [0.29, 0.717) is 15.7 Å². The summed E-state index contributed by atoms with van der Waals surface area (Å²) in [4.78, 5) is 13.0. The summed E-state index contributed by atoms with van der Waals surface area (Å²) in [6.45, 7) is 6.84. The quantitative estimate of drug-likeness (QED) is 0.635. The first-order valence-electron chi connectivity index (χ1n) is 7.31. The lowest BCUT2D eigenvalue weighted by atomic mass is 10.2. The highest BCUT2D eigenvalue weighted by Gasteiger charge is 2.17. The summed E-state index contributed by atoms with van der Waals surface area (Å²) in [6.07, 6.45) is 2.58. The predicted molar refractivity (Wildman–Crippen MR) is 97.5 cm³/mol. The Kier molecular flexibility index (Phi) is 5.73. The summed E-state index contributed by atoms with van der Waals surface area (Å²) < 4.78 is 6.70. The molecule has 2 N–H and O–H groups in total. The monoisotopic (exact) mass is 352 g/mol. The van der Waals surface area contributed by atoms with E-state index in [1.54, 1.807) is 6.20 Å². The number of hydrogen-bond donors (Lipinski definition) is 2. The Bertz CT molecular complexity index is 721. The molecule has 0 saturated carbocycles. The number of ether oxygens (including phenoxy) is 1. The molecule has 0 saturated heterocycles. The van der Waals surface area contributed by atoms with Gasteiger partial charge in [0.1, 0.15) is 5.00 Å². The molecule has 0 bridgehead atoms. The van der Waals surface area contributed by atoms with Gasteiger partial charge in [-0.25, -0.2) is 4.79 Å². The molecule has 8 heteroatoms. The van der Waals surface area contributed by atoms with Crippen LogP contribution in [0.4, 0.5) is 10.7 Å². The fraction of sp³-hybridized carbons (Fsp3) is 0.400. The summed E-state index contributed by atoms with van der Waals surface area (Å²) in [6, 6.07) is 1.84. The number of methoxy groups -OCH3 is 1. The number of esters is 1. The first-order chi connectivity index (χ1) is 11.0. The van der Waals surface area contributed by atoms with E-state index in [4.69, 9.17) is 17.0 Å². The highest BCUT2D eigenvalue weighted by atomic mass is 32.1. The zero-order valence-corrected chi connectivity index (χ0v) is 15.2. The SMILES string of the molecule is CCc1cc(C(=O)OC)c(NC(=S)Nc2cnn(CC)c2C)s1. The molecule has 0 spiro atoms. The molecule has 6 nitrogen and oxygen atoms in total. The molecule has 0 aromatic carbocycles. The number of aromatic nitrogens is 2. The summed E-state index contributed by atoms with van der Waals surface area (Å²) in [5.74, 6) is -0.374. The Hall–Kier alpha value is -1.93. The molecule has 0 amide bonds. The van der Waals surface area contributed by atoms with Crippen molar-refractivity contribution in [3.63, 3.8) is 0 Å². The van der Waals surface area contributed by atoms with Gasteiger partial charge in [0.2, 0.25) is 0 Å². The lowest BCUT2D eigenvalue weighted by molar-refractivity contribution is 0.0602. The molecule has 0 unspecified atom stereocenters. The average molecular weight is 352 g/mol. The van der Waals surface area contributed by atoms with E-state index in [2.05, 4.69) is 15.7 Å². The molecule has 2 aromatic rings. The smallest absolute Gasteiger partial charge is 0.340 e. The van der Waals surface area contributed by atoms with Gasteiger partial charge in [0.25, 0.3) is 0 Å². The molecule has 0 aliphatic heterocycles. The molecule has 23 heavy (non-hydrogen) atoms. The van der Waals surface area contributed by atoms with Gasteiger partial charge in [-0.05, 0) is 38.6 Å². The fourth-order valence-electron chi connectivity index (χ4n) is 2.12. The number of nitrogens with one attached hydrogen (secondary N) is 2. The van der Waals surface area contributed by atoms with Crippen LogP contribution in [-0.4, -0.2) is 28.0 Å². The van der Waals surface area contributed by atoms with E-state index >= 15 is 0 Å². The van der Waals surface area contributed by atoms with Crippen LogP contribution in [-0.2, 0) is 17.7 Å². The van der Waals surface area contributed by atoms with E-state index in [9.17, 15) is 4.79 Å². The van der Waals surface area contributed by atoms with Gasteiger partial charge in [0, 0.05) is 11.4 Å². The molecule has 0 aliphatic rings. The second kappa shape index (κ2) is 7.56. The van der Waals surface area contributed by atoms with Crippen molar-refractivity contribution in [2.24, 2.45) is 0 Å². The number of rotatable bonds is 5. The van der Waals surface area contributed by atoms with Crippen molar-refractivity contribution in [2.75, 3.05) is 17.7 Å². The minimum atomic E-state index is -0.374. The van der Waals surface area contributed by atoms with Gasteiger partial charge in [0.15, 0.2) is 5.11 Å². The van der Waals surface area contributed by atoms with Crippen LogP contribution >= 0.6 is 23.6 Å². The molecule has 0 atom stereocenters. The minimum absolute atomic E-state index is 0.374. The summed E-state index contributed by atoms with van der Waals surface area (Å²) >= 11 is 6.84. The van der Waals surface area contributed by atoms with Crippen molar-refractivity contribution in [1.29, 1.82) is 0 Å². The van der Waals surface area contributed by atoms with E-state index in [0.717, 1.165) is 29.2 Å². The predicted octanol–water partition coefficient (Wildman–Crippen LogP) is 3.43. The van der Waals surface area contributed by atoms with Crippen molar-refractivity contribution in [2.45, 2.75) is 33.7 Å². The molecule has 2 aromatic heterocycles. The second-order valence-corrected chi connectivity index (χ2v) is 6.38. The van der Waals surface area contributed by atoms with Crippen molar-refractivity contribution < 1.29 is 9.53 Å². The molecule has 0 fully saturated rings. The maximum Gasteiger partial charge on any atom is 0.340 e. The lowest BCUT2D eigenvalue weighted by Gasteiger charge is -2.10. The third-order valence-corrected chi connectivity index (χ3v) is 4.81. The van der Waals surface area contributed by atoms with Crippen molar-refractivity contribution in [1.82, 2.24) is 9.78 Å². The van der Waals surface area contributed by atoms with Crippen LogP contribution in [0.5, 0.6) is 0 Å². The van der Waals surface area contributed by atoms with Crippen LogP contribution in [0.2, 0.25) is 0 Å². The van der Waals surface area contributed by atoms with Gasteiger partial charge in [-0.3, -0.25) is 4.68 Å². The highest BCUT2D eigenvalue weighted by Crippen LogP contribution is 2.29. The largest absolute Gasteiger partial charge is 0.465 e. The van der Waals surface area contributed by atoms with Gasteiger partial charge in [-0.2, -0.15) is 5.10 Å². The number of nitrogens with zero attached hydrogens (tertiary/aromatic N) is 2.